The van der Waals surface area contributed by atoms with Gasteiger partial charge in [0.05, 0.1) is 11.0 Å². The van der Waals surface area contributed by atoms with Crippen LogP contribution in [0.4, 0.5) is 17.1 Å². The Balaban J connectivity index is 1.10. The fourth-order valence-corrected chi connectivity index (χ4v) is 8.31. The van der Waals surface area contributed by atoms with Crippen LogP contribution in [0.5, 0.6) is 0 Å². The minimum absolute atomic E-state index is 0.340. The Morgan fingerprint density at radius 2 is 1.06 bits per heavy atom. The number of nitrogens with zero attached hydrogens (tertiary/aromatic N) is 2. The van der Waals surface area contributed by atoms with Gasteiger partial charge in [-0.1, -0.05) is 146 Å². The second-order valence-electron chi connectivity index (χ2n) is 14.1. The molecule has 1 aliphatic rings. The van der Waals surface area contributed by atoms with Crippen molar-refractivity contribution < 1.29 is 0 Å². The van der Waals surface area contributed by atoms with Crippen LogP contribution in [0, 0.1) is 0 Å². The van der Waals surface area contributed by atoms with E-state index in [9.17, 15) is 0 Å². The summed E-state index contributed by atoms with van der Waals surface area (Å²) in [4.78, 5) is 2.39. The van der Waals surface area contributed by atoms with Crippen molar-refractivity contribution in [3.63, 3.8) is 0 Å². The molecule has 1 heterocycles. The van der Waals surface area contributed by atoms with E-state index in [0.29, 0.717) is 5.92 Å². The number of rotatable bonds is 7. The Hall–Kier alpha value is -6.90. The van der Waals surface area contributed by atoms with Crippen LogP contribution < -0.4 is 4.90 Å². The number of aromatic nitrogens is 1. The smallest absolute Gasteiger partial charge is 0.0547 e. The number of fused-ring (bicyclic) bond motifs is 4. The topological polar surface area (TPSA) is 8.17 Å². The van der Waals surface area contributed by atoms with Gasteiger partial charge in [-0.3, -0.25) is 0 Å². The van der Waals surface area contributed by atoms with Crippen LogP contribution in [0.1, 0.15) is 23.5 Å². The van der Waals surface area contributed by atoms with Gasteiger partial charge in [0.2, 0.25) is 0 Å². The van der Waals surface area contributed by atoms with Gasteiger partial charge in [0, 0.05) is 39.4 Å². The molecule has 1 aromatic heterocycles. The van der Waals surface area contributed by atoms with Crippen molar-refractivity contribution in [1.29, 1.82) is 0 Å². The van der Waals surface area contributed by atoms with Crippen LogP contribution in [0.2, 0.25) is 0 Å². The van der Waals surface area contributed by atoms with Crippen molar-refractivity contribution >= 4 is 55.2 Å². The second-order valence-corrected chi connectivity index (χ2v) is 14.1. The molecule has 0 fully saturated rings. The van der Waals surface area contributed by atoms with Gasteiger partial charge in [0.25, 0.3) is 0 Å². The molecule has 1 atom stereocenters. The first-order valence-electron chi connectivity index (χ1n) is 18.8. The van der Waals surface area contributed by atoms with Crippen molar-refractivity contribution in [3.05, 3.63) is 223 Å². The van der Waals surface area contributed by atoms with Crippen molar-refractivity contribution in [3.8, 4) is 16.8 Å². The first-order chi connectivity index (χ1) is 26.8. The highest BCUT2D eigenvalue weighted by Crippen LogP contribution is 2.42. The molecule has 2 nitrogen and oxygen atoms in total. The van der Waals surface area contributed by atoms with Crippen LogP contribution in [0.15, 0.2) is 212 Å². The van der Waals surface area contributed by atoms with E-state index in [1.807, 2.05) is 0 Å². The Morgan fingerprint density at radius 3 is 1.80 bits per heavy atom. The minimum Gasteiger partial charge on any atom is -0.310 e. The molecule has 1 unspecified atom stereocenters. The Kier molecular flexibility index (Phi) is 8.00. The van der Waals surface area contributed by atoms with Gasteiger partial charge in [-0.25, -0.2) is 0 Å². The summed E-state index contributed by atoms with van der Waals surface area (Å²) in [7, 11) is 0. The van der Waals surface area contributed by atoms with E-state index in [1.165, 1.54) is 60.4 Å². The van der Waals surface area contributed by atoms with Crippen LogP contribution in [-0.2, 0) is 0 Å². The van der Waals surface area contributed by atoms with Crippen molar-refractivity contribution in [2.45, 2.75) is 12.3 Å². The van der Waals surface area contributed by atoms with Gasteiger partial charge in [-0.05, 0) is 112 Å². The predicted molar refractivity (Wildman–Crippen MR) is 229 cm³/mol. The summed E-state index contributed by atoms with van der Waals surface area (Å²) in [5.41, 5.74) is 13.3. The lowest BCUT2D eigenvalue weighted by atomic mass is 9.82. The lowest BCUT2D eigenvalue weighted by Crippen LogP contribution is -2.10. The third-order valence-corrected chi connectivity index (χ3v) is 10.9. The van der Waals surface area contributed by atoms with Crippen molar-refractivity contribution in [2.24, 2.45) is 0 Å². The average molecular weight is 691 g/mol. The molecule has 0 aliphatic heterocycles. The zero-order valence-electron chi connectivity index (χ0n) is 29.9. The molecule has 256 valence electrons. The van der Waals surface area contributed by atoms with E-state index in [2.05, 4.69) is 222 Å². The van der Waals surface area contributed by atoms with E-state index in [-0.39, 0.29) is 0 Å². The zero-order chi connectivity index (χ0) is 35.8. The van der Waals surface area contributed by atoms with Crippen LogP contribution in [0.25, 0.3) is 55.0 Å². The number of anilines is 3. The maximum Gasteiger partial charge on any atom is 0.0547 e. The molecule has 0 amide bonds. The number of para-hydroxylation sites is 2. The molecule has 0 radical (unpaired) electrons. The maximum absolute atomic E-state index is 2.40. The van der Waals surface area contributed by atoms with E-state index in [4.69, 9.17) is 0 Å². The lowest BCUT2D eigenvalue weighted by Gasteiger charge is -2.27. The zero-order valence-corrected chi connectivity index (χ0v) is 29.9. The van der Waals surface area contributed by atoms with Gasteiger partial charge < -0.3 is 9.47 Å². The fraction of sp³-hybridized carbons (Fsp3) is 0.0385. The number of benzene rings is 8. The molecule has 10 rings (SSSR count). The molecule has 8 aromatic carbocycles. The average Bonchev–Trinajstić information content (AvgIpc) is 3.57. The highest BCUT2D eigenvalue weighted by Gasteiger charge is 2.21. The third kappa shape index (κ3) is 5.70. The quantitative estimate of drug-likeness (QED) is 0.162. The molecule has 9 aromatic rings. The second kappa shape index (κ2) is 13.6. The summed E-state index contributed by atoms with van der Waals surface area (Å²) < 4.78 is 2.40. The monoisotopic (exact) mass is 690 g/mol. The first-order valence-corrected chi connectivity index (χ1v) is 18.8. The van der Waals surface area contributed by atoms with Crippen molar-refractivity contribution in [1.82, 2.24) is 4.57 Å². The number of hydrogen-bond donors (Lipinski definition) is 0. The molecular formula is C52H38N2. The Morgan fingerprint density at radius 1 is 0.444 bits per heavy atom. The lowest BCUT2D eigenvalue weighted by molar-refractivity contribution is 0.874. The predicted octanol–water partition coefficient (Wildman–Crippen LogP) is 14.2. The van der Waals surface area contributed by atoms with E-state index < -0.39 is 0 Å². The van der Waals surface area contributed by atoms with E-state index in [0.717, 1.165) is 29.2 Å². The van der Waals surface area contributed by atoms with Crippen LogP contribution >= 0.6 is 0 Å². The largest absolute Gasteiger partial charge is 0.310 e. The van der Waals surface area contributed by atoms with E-state index >= 15 is 0 Å². The fourth-order valence-electron chi connectivity index (χ4n) is 8.31. The van der Waals surface area contributed by atoms with Gasteiger partial charge in [0.1, 0.15) is 0 Å². The molecule has 0 spiro atoms. The number of hydrogen-bond acceptors (Lipinski definition) is 1. The van der Waals surface area contributed by atoms with E-state index in [1.54, 1.807) is 0 Å². The van der Waals surface area contributed by atoms with Gasteiger partial charge in [0.15, 0.2) is 0 Å². The highest BCUT2D eigenvalue weighted by atomic mass is 15.1. The van der Waals surface area contributed by atoms with Gasteiger partial charge in [-0.2, -0.15) is 0 Å². The Bertz CT molecular complexity index is 2810. The molecule has 2 heteroatoms. The minimum atomic E-state index is 0.340. The molecule has 0 bridgehead atoms. The molecule has 1 aliphatic carbocycles. The molecular weight excluding hydrogens is 653 g/mol. The Labute approximate surface area is 316 Å². The first kappa shape index (κ1) is 31.8. The van der Waals surface area contributed by atoms with Gasteiger partial charge in [-0.15, -0.1) is 0 Å². The standard InChI is InChI=1S/C52H38N2/c1-4-14-37(15-5-1)38-24-29-44(30-25-38)53(45-31-26-40(27-32-45)48-21-11-10-20-47(48)39-16-6-2-7-17-39)46-33-28-41-35-50-49-22-12-13-23-51(49)54(43-18-8-3-9-19-43)52(50)36-42(41)34-46/h1-19,21-36,47H,20H2. The van der Waals surface area contributed by atoms with Crippen LogP contribution in [-0.4, -0.2) is 4.57 Å². The SMILES string of the molecule is C1=CCC(c2ccccc2)C(c2ccc(N(c3ccc(-c4ccccc4)cc3)c3ccc4cc5c6ccccc6n(-c6ccccc6)c5cc4c3)cc2)=C1. The summed E-state index contributed by atoms with van der Waals surface area (Å²) in [6.45, 7) is 0. The molecule has 54 heavy (non-hydrogen) atoms. The normalized spacial score (nSPS) is 14.1. The summed E-state index contributed by atoms with van der Waals surface area (Å²) in [5, 5.41) is 4.95. The maximum atomic E-state index is 2.40. The molecule has 0 N–H and O–H groups in total. The highest BCUT2D eigenvalue weighted by molar-refractivity contribution is 6.14. The summed E-state index contributed by atoms with van der Waals surface area (Å²) in [6.07, 6.45) is 7.77. The summed E-state index contributed by atoms with van der Waals surface area (Å²) in [6, 6.07) is 70.7. The summed E-state index contributed by atoms with van der Waals surface area (Å²) in [5.74, 6) is 0.340. The summed E-state index contributed by atoms with van der Waals surface area (Å²) >= 11 is 0. The van der Waals surface area contributed by atoms with Crippen molar-refractivity contribution in [2.75, 3.05) is 4.90 Å². The molecule has 0 saturated carbocycles. The van der Waals surface area contributed by atoms with Gasteiger partial charge >= 0.3 is 0 Å². The third-order valence-electron chi connectivity index (χ3n) is 10.9. The molecule has 0 saturated heterocycles. The van der Waals surface area contributed by atoms with Crippen LogP contribution in [0.3, 0.4) is 0 Å². The number of allylic oxidation sites excluding steroid dienone is 4.